The molecule has 0 unspecified atom stereocenters. The lowest BCUT2D eigenvalue weighted by Crippen LogP contribution is -2.06. The highest BCUT2D eigenvalue weighted by molar-refractivity contribution is 9.10. The van der Waals surface area contributed by atoms with E-state index in [2.05, 4.69) is 26.0 Å². The summed E-state index contributed by atoms with van der Waals surface area (Å²) in [7, 11) is 1.29. The number of nitrogens with zero attached hydrogens (tertiary/aromatic N) is 1. The lowest BCUT2D eigenvalue weighted by atomic mass is 10.2. The molecule has 0 saturated heterocycles. The molecule has 94 valence electrons. The standard InChI is InChI=1S/C8H6BrF3N2O3/c1-13-3-2-4(17-8(11)12)5(9)6(10)7(3)14(15)16/h2,8,13H,1H3. The fraction of sp³-hybridized carbons (Fsp3) is 0.250. The molecule has 0 fully saturated rings. The third kappa shape index (κ3) is 2.78. The van der Waals surface area contributed by atoms with Crippen LogP contribution in [-0.4, -0.2) is 18.6 Å². The van der Waals surface area contributed by atoms with Crippen LogP contribution in [0.1, 0.15) is 0 Å². The van der Waals surface area contributed by atoms with Crippen LogP contribution in [0.25, 0.3) is 0 Å². The molecule has 1 aromatic carbocycles. The Morgan fingerprint density at radius 3 is 2.59 bits per heavy atom. The maximum absolute atomic E-state index is 13.6. The Labute approximate surface area is 102 Å². The van der Waals surface area contributed by atoms with Gasteiger partial charge in [-0.25, -0.2) is 0 Å². The zero-order valence-electron chi connectivity index (χ0n) is 8.34. The molecule has 0 bridgehead atoms. The van der Waals surface area contributed by atoms with E-state index in [4.69, 9.17) is 0 Å². The Hall–Kier alpha value is -1.51. The Morgan fingerprint density at radius 1 is 1.59 bits per heavy atom. The fourth-order valence-electron chi connectivity index (χ4n) is 1.14. The van der Waals surface area contributed by atoms with Gasteiger partial charge in [0, 0.05) is 13.1 Å². The second kappa shape index (κ2) is 5.21. The quantitative estimate of drug-likeness (QED) is 0.685. The average molecular weight is 315 g/mol. The van der Waals surface area contributed by atoms with Gasteiger partial charge >= 0.3 is 12.3 Å². The van der Waals surface area contributed by atoms with Gasteiger partial charge in [0.05, 0.1) is 4.92 Å². The van der Waals surface area contributed by atoms with Crippen molar-refractivity contribution in [1.29, 1.82) is 0 Å². The van der Waals surface area contributed by atoms with Crippen molar-refractivity contribution in [2.24, 2.45) is 0 Å². The summed E-state index contributed by atoms with van der Waals surface area (Å²) in [5.74, 6) is -1.80. The number of nitrogens with one attached hydrogen (secondary N) is 1. The van der Waals surface area contributed by atoms with E-state index in [9.17, 15) is 23.3 Å². The largest absolute Gasteiger partial charge is 0.433 e. The molecular formula is C8H6BrF3N2O3. The topological polar surface area (TPSA) is 64.4 Å². The molecule has 0 atom stereocenters. The molecule has 9 heteroatoms. The fourth-order valence-corrected chi connectivity index (χ4v) is 1.54. The van der Waals surface area contributed by atoms with Crippen molar-refractivity contribution >= 4 is 27.3 Å². The smallest absolute Gasteiger partial charge is 0.387 e. The van der Waals surface area contributed by atoms with E-state index in [0.717, 1.165) is 6.07 Å². The number of nitro benzene ring substituents is 1. The molecule has 17 heavy (non-hydrogen) atoms. The number of ether oxygens (including phenoxy) is 1. The van der Waals surface area contributed by atoms with Gasteiger partial charge in [-0.05, 0) is 15.9 Å². The van der Waals surface area contributed by atoms with Crippen molar-refractivity contribution in [3.63, 3.8) is 0 Å². The minimum Gasteiger partial charge on any atom is -0.433 e. The SMILES string of the molecule is CNc1cc(OC(F)F)c(Br)c(F)c1[N+](=O)[O-]. The van der Waals surface area contributed by atoms with Crippen molar-refractivity contribution in [1.82, 2.24) is 0 Å². The first-order valence-corrected chi connectivity index (χ1v) is 4.96. The molecule has 0 heterocycles. The predicted octanol–water partition coefficient (Wildman–Crippen LogP) is 3.14. The molecular weight excluding hydrogens is 309 g/mol. The van der Waals surface area contributed by atoms with Gasteiger partial charge in [0.15, 0.2) is 0 Å². The summed E-state index contributed by atoms with van der Waals surface area (Å²) in [4.78, 5) is 9.64. The van der Waals surface area contributed by atoms with Crippen molar-refractivity contribution in [2.75, 3.05) is 12.4 Å². The molecule has 1 aromatic rings. The lowest BCUT2D eigenvalue weighted by molar-refractivity contribution is -0.386. The summed E-state index contributed by atoms with van der Waals surface area (Å²) in [5, 5.41) is 12.9. The summed E-state index contributed by atoms with van der Waals surface area (Å²) in [6, 6.07) is 0.914. The Kier molecular flexibility index (Phi) is 4.16. The zero-order chi connectivity index (χ0) is 13.2. The highest BCUT2D eigenvalue weighted by Gasteiger charge is 2.27. The van der Waals surface area contributed by atoms with Crippen LogP contribution in [-0.2, 0) is 0 Å². The van der Waals surface area contributed by atoms with Crippen molar-refractivity contribution in [3.05, 3.63) is 26.5 Å². The third-order valence-corrected chi connectivity index (χ3v) is 2.55. The number of nitro groups is 1. The number of hydrogen-bond donors (Lipinski definition) is 1. The second-order valence-corrected chi connectivity index (χ2v) is 3.58. The predicted molar refractivity (Wildman–Crippen MR) is 56.9 cm³/mol. The first-order valence-electron chi connectivity index (χ1n) is 4.17. The average Bonchev–Trinajstić information content (AvgIpc) is 2.23. The van der Waals surface area contributed by atoms with Crippen LogP contribution in [0.3, 0.4) is 0 Å². The van der Waals surface area contributed by atoms with Gasteiger partial charge in [-0.2, -0.15) is 13.2 Å². The summed E-state index contributed by atoms with van der Waals surface area (Å²) < 4.78 is 41.1. The molecule has 0 amide bonds. The Balaban J connectivity index is 3.39. The van der Waals surface area contributed by atoms with E-state index < -0.39 is 33.3 Å². The van der Waals surface area contributed by atoms with Crippen LogP contribution in [0.2, 0.25) is 0 Å². The van der Waals surface area contributed by atoms with Crippen LogP contribution in [0.4, 0.5) is 24.5 Å². The molecule has 0 saturated carbocycles. The normalized spacial score (nSPS) is 10.5. The number of halogens is 4. The van der Waals surface area contributed by atoms with E-state index in [-0.39, 0.29) is 5.69 Å². The van der Waals surface area contributed by atoms with Crippen LogP contribution in [0.5, 0.6) is 5.75 Å². The van der Waals surface area contributed by atoms with Crippen molar-refractivity contribution in [3.8, 4) is 5.75 Å². The minimum atomic E-state index is -3.16. The molecule has 0 aliphatic carbocycles. The highest BCUT2D eigenvalue weighted by atomic mass is 79.9. The van der Waals surface area contributed by atoms with Crippen molar-refractivity contribution < 1.29 is 22.8 Å². The van der Waals surface area contributed by atoms with Crippen LogP contribution in [0, 0.1) is 15.9 Å². The Morgan fingerprint density at radius 2 is 2.18 bits per heavy atom. The van der Waals surface area contributed by atoms with E-state index in [1.54, 1.807) is 0 Å². The molecule has 0 aromatic heterocycles. The number of anilines is 1. The van der Waals surface area contributed by atoms with Crippen LogP contribution < -0.4 is 10.1 Å². The summed E-state index contributed by atoms with van der Waals surface area (Å²) >= 11 is 2.63. The molecule has 5 nitrogen and oxygen atoms in total. The molecule has 0 aliphatic rings. The molecule has 1 rings (SSSR count). The zero-order valence-corrected chi connectivity index (χ0v) is 9.92. The van der Waals surface area contributed by atoms with Gasteiger partial charge in [0.25, 0.3) is 0 Å². The highest BCUT2D eigenvalue weighted by Crippen LogP contribution is 2.40. The van der Waals surface area contributed by atoms with E-state index in [0.29, 0.717) is 0 Å². The molecule has 0 spiro atoms. The van der Waals surface area contributed by atoms with E-state index in [1.807, 2.05) is 0 Å². The number of benzene rings is 1. The maximum atomic E-state index is 13.6. The van der Waals surface area contributed by atoms with Crippen LogP contribution in [0.15, 0.2) is 10.5 Å². The molecule has 0 aliphatic heterocycles. The van der Waals surface area contributed by atoms with Crippen LogP contribution >= 0.6 is 15.9 Å². The maximum Gasteiger partial charge on any atom is 0.387 e. The van der Waals surface area contributed by atoms with Gasteiger partial charge in [0.1, 0.15) is 15.9 Å². The van der Waals surface area contributed by atoms with Gasteiger partial charge in [-0.1, -0.05) is 0 Å². The number of rotatable bonds is 4. The molecule has 1 N–H and O–H groups in total. The van der Waals surface area contributed by atoms with Crippen molar-refractivity contribution in [2.45, 2.75) is 6.61 Å². The van der Waals surface area contributed by atoms with Gasteiger partial charge < -0.3 is 10.1 Å². The number of alkyl halides is 2. The van der Waals surface area contributed by atoms with E-state index in [1.165, 1.54) is 7.05 Å². The first-order chi connectivity index (χ1) is 7.88. The minimum absolute atomic E-state index is 0.258. The van der Waals surface area contributed by atoms with E-state index >= 15 is 0 Å². The first kappa shape index (κ1) is 13.6. The summed E-state index contributed by atoms with van der Waals surface area (Å²) in [6.07, 6.45) is 0. The van der Waals surface area contributed by atoms with Gasteiger partial charge in [-0.15, -0.1) is 0 Å². The third-order valence-electron chi connectivity index (χ3n) is 1.82. The number of hydrogen-bond acceptors (Lipinski definition) is 4. The lowest BCUT2D eigenvalue weighted by Gasteiger charge is -2.10. The summed E-state index contributed by atoms with van der Waals surface area (Å²) in [5.41, 5.74) is -1.10. The Bertz CT molecular complexity index is 456. The molecule has 0 radical (unpaired) electrons. The monoisotopic (exact) mass is 314 g/mol. The van der Waals surface area contributed by atoms with Gasteiger partial charge in [0.2, 0.25) is 5.82 Å². The van der Waals surface area contributed by atoms with Gasteiger partial charge in [-0.3, -0.25) is 10.1 Å². The summed E-state index contributed by atoms with van der Waals surface area (Å²) in [6.45, 7) is -3.16. The second-order valence-electron chi connectivity index (χ2n) is 2.78.